The molecule has 1 aromatic rings. The van der Waals surface area contributed by atoms with Gasteiger partial charge in [0.1, 0.15) is 0 Å². The summed E-state index contributed by atoms with van der Waals surface area (Å²) < 4.78 is 0. The number of nitrogens with two attached hydrogens (primary N) is 1. The van der Waals surface area contributed by atoms with Gasteiger partial charge in [-0.1, -0.05) is 0 Å². The van der Waals surface area contributed by atoms with Crippen LogP contribution >= 0.6 is 11.3 Å². The summed E-state index contributed by atoms with van der Waals surface area (Å²) in [5.74, 6) is 0.553. The van der Waals surface area contributed by atoms with Crippen LogP contribution in [0.3, 0.4) is 0 Å². The molecule has 2 rings (SSSR count). The van der Waals surface area contributed by atoms with E-state index in [2.05, 4.69) is 32.4 Å². The number of guanidine groups is 1. The Labute approximate surface area is 153 Å². The Hall–Kier alpha value is -1.87. The van der Waals surface area contributed by atoms with Gasteiger partial charge in [0, 0.05) is 45.2 Å². The van der Waals surface area contributed by atoms with E-state index < -0.39 is 0 Å². The van der Waals surface area contributed by atoms with Crippen molar-refractivity contribution in [2.24, 2.45) is 10.7 Å². The molecular weight excluding hydrogens is 338 g/mol. The van der Waals surface area contributed by atoms with Crippen LogP contribution in [0.25, 0.3) is 0 Å². The van der Waals surface area contributed by atoms with Gasteiger partial charge in [0.15, 0.2) is 11.1 Å². The molecule has 1 amide bonds. The third-order valence-corrected chi connectivity index (χ3v) is 5.03. The van der Waals surface area contributed by atoms with Gasteiger partial charge >= 0.3 is 0 Å². The molecule has 0 aliphatic carbocycles. The predicted molar refractivity (Wildman–Crippen MR) is 103 cm³/mol. The quantitative estimate of drug-likeness (QED) is 0.471. The lowest BCUT2D eigenvalue weighted by Gasteiger charge is -2.32. The van der Waals surface area contributed by atoms with Gasteiger partial charge in [-0.3, -0.25) is 9.69 Å². The van der Waals surface area contributed by atoms with Gasteiger partial charge in [-0.15, -0.1) is 11.3 Å². The molecule has 0 radical (unpaired) electrons. The molecule has 0 spiro atoms. The number of thiazole rings is 1. The van der Waals surface area contributed by atoms with E-state index in [1.54, 1.807) is 11.3 Å². The average molecular weight is 368 g/mol. The summed E-state index contributed by atoms with van der Waals surface area (Å²) in [5, 5.41) is 9.82. The van der Waals surface area contributed by atoms with Crippen LogP contribution in [-0.4, -0.2) is 68.1 Å². The summed E-state index contributed by atoms with van der Waals surface area (Å²) in [5.41, 5.74) is 6.23. The Balaban J connectivity index is 1.86. The van der Waals surface area contributed by atoms with Crippen molar-refractivity contribution in [3.05, 3.63) is 11.1 Å². The maximum Gasteiger partial charge on any atom is 0.231 e. The smallest absolute Gasteiger partial charge is 0.231 e. The molecule has 0 aromatic carbocycles. The highest BCUT2D eigenvalue weighted by Gasteiger charge is 2.20. The van der Waals surface area contributed by atoms with E-state index in [0.717, 1.165) is 49.3 Å². The molecule has 1 aliphatic rings. The third-order valence-electron chi connectivity index (χ3n) is 3.97. The molecule has 1 fully saturated rings. The van der Waals surface area contributed by atoms with Crippen molar-refractivity contribution >= 4 is 28.3 Å². The van der Waals surface area contributed by atoms with Gasteiger partial charge in [0.2, 0.25) is 5.91 Å². The molecule has 1 aliphatic heterocycles. The summed E-state index contributed by atoms with van der Waals surface area (Å²) in [4.78, 5) is 24.3. The number of primary amides is 1. The van der Waals surface area contributed by atoms with Crippen LogP contribution in [-0.2, 0) is 11.3 Å². The van der Waals surface area contributed by atoms with E-state index in [1.807, 2.05) is 24.4 Å². The van der Waals surface area contributed by atoms with Crippen molar-refractivity contribution in [3.8, 4) is 0 Å². The van der Waals surface area contributed by atoms with Crippen molar-refractivity contribution in [2.45, 2.75) is 32.4 Å². The van der Waals surface area contributed by atoms with Crippen molar-refractivity contribution in [2.75, 3.05) is 45.2 Å². The number of nitrogens with zero attached hydrogens (tertiary/aromatic N) is 4. The molecule has 0 atom stereocenters. The fourth-order valence-corrected chi connectivity index (χ4v) is 3.45. The number of carbonyl (C=O) groups excluding carboxylic acids is 1. The van der Waals surface area contributed by atoms with E-state index in [0.29, 0.717) is 19.1 Å². The molecule has 4 N–H and O–H groups in total. The molecule has 8 nitrogen and oxygen atoms in total. The second-order valence-corrected chi connectivity index (χ2v) is 7.21. The first kappa shape index (κ1) is 19.5. The van der Waals surface area contributed by atoms with Crippen LogP contribution in [0.1, 0.15) is 25.5 Å². The highest BCUT2D eigenvalue weighted by Crippen LogP contribution is 2.18. The van der Waals surface area contributed by atoms with E-state index in [9.17, 15) is 4.79 Å². The van der Waals surface area contributed by atoms with Crippen LogP contribution in [0.5, 0.6) is 0 Å². The molecule has 140 valence electrons. The predicted octanol–water partition coefficient (Wildman–Crippen LogP) is 0.214. The first-order chi connectivity index (χ1) is 12.0. The minimum Gasteiger partial charge on any atom is -0.369 e. The van der Waals surface area contributed by atoms with Gasteiger partial charge in [0.25, 0.3) is 0 Å². The molecule has 2 heterocycles. The molecule has 1 saturated heterocycles. The average Bonchev–Trinajstić information content (AvgIpc) is 3.03. The summed E-state index contributed by atoms with van der Waals surface area (Å²) in [6.07, 6.45) is 1.94. The maximum absolute atomic E-state index is 11.0. The number of anilines is 1. The summed E-state index contributed by atoms with van der Waals surface area (Å²) in [7, 11) is 3.98. The van der Waals surface area contributed by atoms with Gasteiger partial charge in [-0.25, -0.2) is 9.98 Å². The first-order valence-corrected chi connectivity index (χ1v) is 9.53. The lowest BCUT2D eigenvalue weighted by atomic mass is 10.1. The monoisotopic (exact) mass is 367 g/mol. The van der Waals surface area contributed by atoms with Crippen molar-refractivity contribution in [3.63, 3.8) is 0 Å². The van der Waals surface area contributed by atoms with Gasteiger partial charge in [-0.2, -0.15) is 0 Å². The van der Waals surface area contributed by atoms with Gasteiger partial charge < -0.3 is 21.3 Å². The second kappa shape index (κ2) is 9.57. The molecule has 0 bridgehead atoms. The fraction of sp³-hybridized carbons (Fsp3) is 0.688. The summed E-state index contributed by atoms with van der Waals surface area (Å²) >= 11 is 1.62. The highest BCUT2D eigenvalue weighted by molar-refractivity contribution is 7.13. The number of aromatic nitrogens is 1. The highest BCUT2D eigenvalue weighted by atomic mass is 32.1. The van der Waals surface area contributed by atoms with Gasteiger partial charge in [-0.05, 0) is 19.8 Å². The number of nitrogens with one attached hydrogen (secondary N) is 2. The van der Waals surface area contributed by atoms with Gasteiger partial charge in [0.05, 0.1) is 18.8 Å². The SMILES string of the molecule is CCNC(=NCc1csc(N(C)C)n1)NC1CCN(CC(N)=O)CC1. The maximum atomic E-state index is 11.0. The zero-order valence-electron chi connectivity index (χ0n) is 15.3. The van der Waals surface area contributed by atoms with Crippen molar-refractivity contribution in [1.29, 1.82) is 0 Å². The van der Waals surface area contributed by atoms with Crippen molar-refractivity contribution in [1.82, 2.24) is 20.5 Å². The number of carbonyl (C=O) groups is 1. The van der Waals surface area contributed by atoms with E-state index in [-0.39, 0.29) is 5.91 Å². The Morgan fingerprint density at radius 1 is 1.48 bits per heavy atom. The minimum atomic E-state index is -0.262. The Morgan fingerprint density at radius 2 is 2.20 bits per heavy atom. The number of likely N-dealkylation sites (tertiary alicyclic amines) is 1. The normalized spacial score (nSPS) is 16.7. The van der Waals surface area contributed by atoms with Crippen LogP contribution < -0.4 is 21.3 Å². The molecular formula is C16H29N7OS. The van der Waals surface area contributed by atoms with E-state index >= 15 is 0 Å². The van der Waals surface area contributed by atoms with Crippen LogP contribution in [0, 0.1) is 0 Å². The zero-order valence-corrected chi connectivity index (χ0v) is 16.1. The lowest BCUT2D eigenvalue weighted by molar-refractivity contribution is -0.119. The largest absolute Gasteiger partial charge is 0.369 e. The van der Waals surface area contributed by atoms with Crippen LogP contribution in [0.2, 0.25) is 0 Å². The van der Waals surface area contributed by atoms with Crippen LogP contribution in [0.15, 0.2) is 10.4 Å². The molecule has 9 heteroatoms. The minimum absolute atomic E-state index is 0.262. The number of rotatable bonds is 7. The number of piperidine rings is 1. The Morgan fingerprint density at radius 3 is 2.76 bits per heavy atom. The summed E-state index contributed by atoms with van der Waals surface area (Å²) in [6.45, 7) is 5.52. The lowest BCUT2D eigenvalue weighted by Crippen LogP contribution is -2.49. The number of hydrogen-bond acceptors (Lipinski definition) is 6. The molecule has 0 saturated carbocycles. The standard InChI is InChI=1S/C16H29N7OS/c1-4-18-15(19-9-13-11-25-16(21-13)22(2)3)20-12-5-7-23(8-6-12)10-14(17)24/h11-12H,4-10H2,1-3H3,(H2,17,24)(H2,18,19,20). The molecule has 1 aromatic heterocycles. The topological polar surface area (TPSA) is 98.9 Å². The Kier molecular flexibility index (Phi) is 7.45. The number of amides is 1. The Bertz CT molecular complexity index is 579. The molecule has 0 unspecified atom stereocenters. The second-order valence-electron chi connectivity index (χ2n) is 6.37. The van der Waals surface area contributed by atoms with Crippen LogP contribution in [0.4, 0.5) is 5.13 Å². The molecule has 25 heavy (non-hydrogen) atoms. The van der Waals surface area contributed by atoms with E-state index in [4.69, 9.17) is 5.73 Å². The van der Waals surface area contributed by atoms with E-state index in [1.165, 1.54) is 0 Å². The number of hydrogen-bond donors (Lipinski definition) is 3. The fourth-order valence-electron chi connectivity index (χ4n) is 2.70. The zero-order chi connectivity index (χ0) is 18.2. The third kappa shape index (κ3) is 6.50. The number of aliphatic imine (C=N–C) groups is 1. The summed E-state index contributed by atoms with van der Waals surface area (Å²) in [6, 6.07) is 0.356. The van der Waals surface area contributed by atoms with Crippen molar-refractivity contribution < 1.29 is 4.79 Å². The first-order valence-electron chi connectivity index (χ1n) is 8.65.